The molecule has 7 heteroatoms. The van der Waals surface area contributed by atoms with E-state index in [0.29, 0.717) is 13.2 Å². The smallest absolute Gasteiger partial charge is 0.161 e. The van der Waals surface area contributed by atoms with Gasteiger partial charge in [0.25, 0.3) is 0 Å². The minimum Gasteiger partial charge on any atom is -0.367 e. The van der Waals surface area contributed by atoms with Crippen molar-refractivity contribution < 1.29 is 4.74 Å². The molecule has 0 saturated carbocycles. The molecule has 0 N–H and O–H groups in total. The van der Waals surface area contributed by atoms with Crippen molar-refractivity contribution in [1.82, 2.24) is 0 Å². The first-order chi connectivity index (χ1) is 8.88. The van der Waals surface area contributed by atoms with Crippen LogP contribution in [0.2, 0.25) is 0 Å². The molecule has 1 rings (SSSR count). The zero-order valence-electron chi connectivity index (χ0n) is 9.88. The third-order valence-corrected chi connectivity index (χ3v) is 2.23. The Morgan fingerprint density at radius 2 is 1.89 bits per heavy atom. The number of nitrogens with zero attached hydrogens (tertiary/aromatic N) is 6. The van der Waals surface area contributed by atoms with Crippen LogP contribution >= 0.6 is 0 Å². The molecule has 0 aliphatic carbocycles. The zero-order chi connectivity index (χ0) is 13.1. The third kappa shape index (κ3) is 5.23. The molecule has 0 radical (unpaired) electrons. The monoisotopic (exact) mass is 246 g/mol. The Labute approximate surface area is 105 Å². The Kier molecular flexibility index (Phi) is 6.85. The van der Waals surface area contributed by atoms with Gasteiger partial charge in [0.1, 0.15) is 0 Å². The van der Waals surface area contributed by atoms with Gasteiger partial charge in [-0.15, -0.1) is 0 Å². The molecule has 0 spiro atoms. The lowest BCUT2D eigenvalue weighted by Gasteiger charge is -2.12. The van der Waals surface area contributed by atoms with Crippen LogP contribution in [0, 0.1) is 0 Å². The Balaban J connectivity index is 2.40. The summed E-state index contributed by atoms with van der Waals surface area (Å²) in [6.07, 6.45) is 0.904. The van der Waals surface area contributed by atoms with E-state index in [0.717, 1.165) is 18.4 Å². The predicted octanol–water partition coefficient (Wildman–Crippen LogP) is 4.10. The molecule has 1 unspecified atom stereocenters. The molecule has 18 heavy (non-hydrogen) atoms. The maximum atomic E-state index is 8.49. The summed E-state index contributed by atoms with van der Waals surface area (Å²) >= 11 is 0. The van der Waals surface area contributed by atoms with Crippen LogP contribution < -0.4 is 0 Å². The van der Waals surface area contributed by atoms with Gasteiger partial charge in [0.05, 0.1) is 0 Å². The van der Waals surface area contributed by atoms with E-state index in [1.54, 1.807) is 0 Å². The van der Waals surface area contributed by atoms with E-state index in [2.05, 4.69) is 20.1 Å². The molecule has 0 saturated heterocycles. The highest BCUT2D eigenvalue weighted by atomic mass is 16.5. The zero-order valence-corrected chi connectivity index (χ0v) is 9.88. The molecular formula is C11H14N6O. The Morgan fingerprint density at radius 1 is 1.11 bits per heavy atom. The van der Waals surface area contributed by atoms with E-state index in [9.17, 15) is 0 Å². The summed E-state index contributed by atoms with van der Waals surface area (Å²) < 4.78 is 5.49. The molecule has 0 amide bonds. The molecule has 1 atom stereocenters. The largest absolute Gasteiger partial charge is 0.367 e. The number of rotatable bonds is 8. The van der Waals surface area contributed by atoms with Crippen molar-refractivity contribution in [3.05, 3.63) is 56.8 Å². The summed E-state index contributed by atoms with van der Waals surface area (Å²) in [5, 5.41) is 7.03. The van der Waals surface area contributed by atoms with Crippen LogP contribution in [0.25, 0.3) is 20.9 Å². The quantitative estimate of drug-likeness (QED) is 0.292. The molecule has 0 fully saturated rings. The number of hydrogen-bond donors (Lipinski definition) is 0. The first kappa shape index (κ1) is 13.9. The Hall–Kier alpha value is -2.20. The second-order valence-electron chi connectivity index (χ2n) is 3.50. The van der Waals surface area contributed by atoms with Gasteiger partial charge in [0, 0.05) is 23.0 Å². The lowest BCUT2D eigenvalue weighted by molar-refractivity contribution is 0.0552. The van der Waals surface area contributed by atoms with E-state index in [1.165, 1.54) is 0 Å². The maximum Gasteiger partial charge on any atom is 0.161 e. The molecule has 1 aromatic rings. The maximum absolute atomic E-state index is 8.49. The van der Waals surface area contributed by atoms with Crippen LogP contribution in [0.15, 0.2) is 40.6 Å². The molecule has 7 nitrogen and oxygen atoms in total. The third-order valence-electron chi connectivity index (χ3n) is 2.23. The van der Waals surface area contributed by atoms with E-state index in [1.807, 2.05) is 30.3 Å². The first-order valence-electron chi connectivity index (χ1n) is 5.60. The van der Waals surface area contributed by atoms with Gasteiger partial charge in [0.15, 0.2) is 6.23 Å². The van der Waals surface area contributed by atoms with Crippen molar-refractivity contribution in [3.63, 3.8) is 0 Å². The second kappa shape index (κ2) is 8.90. The molecule has 1 aromatic carbocycles. The van der Waals surface area contributed by atoms with E-state index in [4.69, 9.17) is 15.8 Å². The summed E-state index contributed by atoms with van der Waals surface area (Å²) in [6, 6.07) is 9.30. The molecular weight excluding hydrogens is 232 g/mol. The highest BCUT2D eigenvalue weighted by molar-refractivity contribution is 5.17. The lowest BCUT2D eigenvalue weighted by Crippen LogP contribution is -2.03. The molecule has 0 aliphatic heterocycles. The minimum absolute atomic E-state index is 0.456. The summed E-state index contributed by atoms with van der Waals surface area (Å²) in [5.74, 6) is 0. The second-order valence-corrected chi connectivity index (χ2v) is 3.50. The molecule has 0 heterocycles. The number of hydrogen-bond acceptors (Lipinski definition) is 3. The molecule has 0 bridgehead atoms. The Morgan fingerprint density at radius 3 is 2.56 bits per heavy atom. The van der Waals surface area contributed by atoms with Gasteiger partial charge in [-0.25, -0.2) is 0 Å². The van der Waals surface area contributed by atoms with Crippen molar-refractivity contribution in [2.45, 2.75) is 19.1 Å². The fourth-order valence-corrected chi connectivity index (χ4v) is 1.39. The average molecular weight is 246 g/mol. The summed E-state index contributed by atoms with van der Waals surface area (Å²) in [7, 11) is 0. The van der Waals surface area contributed by atoms with Crippen molar-refractivity contribution in [1.29, 1.82) is 0 Å². The highest BCUT2D eigenvalue weighted by Crippen LogP contribution is 2.19. The van der Waals surface area contributed by atoms with E-state index < -0.39 is 6.23 Å². The van der Waals surface area contributed by atoms with Crippen LogP contribution in [0.3, 0.4) is 0 Å². The SMILES string of the molecule is [N-]=[N+]=NCCCCOC(N=[N+]=[N-])c1ccccc1. The number of azide groups is 2. The summed E-state index contributed by atoms with van der Waals surface area (Å²) in [4.78, 5) is 5.44. The number of unbranched alkanes of at least 4 members (excludes halogenated alkanes) is 1. The summed E-state index contributed by atoms with van der Waals surface area (Å²) in [5.41, 5.74) is 17.4. The standard InChI is InChI=1S/C11H14N6O/c12-16-14-8-4-5-9-18-11(15-17-13)10-6-2-1-3-7-10/h1-3,6-7,11H,4-5,8-9H2. The minimum atomic E-state index is -0.601. The number of ether oxygens (including phenoxy) is 1. The van der Waals surface area contributed by atoms with Crippen LogP contribution in [0.4, 0.5) is 0 Å². The van der Waals surface area contributed by atoms with Crippen LogP contribution in [0.1, 0.15) is 24.6 Å². The highest BCUT2D eigenvalue weighted by Gasteiger charge is 2.08. The van der Waals surface area contributed by atoms with Gasteiger partial charge in [0.2, 0.25) is 0 Å². The number of benzene rings is 1. The van der Waals surface area contributed by atoms with Gasteiger partial charge in [-0.1, -0.05) is 40.6 Å². The predicted molar refractivity (Wildman–Crippen MR) is 67.5 cm³/mol. The fourth-order valence-electron chi connectivity index (χ4n) is 1.39. The normalized spacial score (nSPS) is 11.1. The van der Waals surface area contributed by atoms with E-state index >= 15 is 0 Å². The van der Waals surface area contributed by atoms with Gasteiger partial charge in [-0.2, -0.15) is 0 Å². The summed E-state index contributed by atoms with van der Waals surface area (Å²) in [6.45, 7) is 0.914. The Bertz CT molecular complexity index is 436. The van der Waals surface area contributed by atoms with Gasteiger partial charge >= 0.3 is 0 Å². The molecule has 0 aromatic heterocycles. The van der Waals surface area contributed by atoms with E-state index in [-0.39, 0.29) is 0 Å². The van der Waals surface area contributed by atoms with Crippen LogP contribution in [0.5, 0.6) is 0 Å². The van der Waals surface area contributed by atoms with Gasteiger partial charge in [-0.05, 0) is 29.5 Å². The lowest BCUT2D eigenvalue weighted by atomic mass is 10.2. The van der Waals surface area contributed by atoms with Crippen molar-refractivity contribution in [2.24, 2.45) is 10.2 Å². The van der Waals surface area contributed by atoms with Crippen LogP contribution in [-0.4, -0.2) is 13.2 Å². The molecule has 0 aliphatic rings. The molecule has 94 valence electrons. The van der Waals surface area contributed by atoms with Gasteiger partial charge < -0.3 is 4.74 Å². The van der Waals surface area contributed by atoms with Crippen molar-refractivity contribution in [2.75, 3.05) is 13.2 Å². The average Bonchev–Trinajstić information content (AvgIpc) is 2.42. The van der Waals surface area contributed by atoms with Gasteiger partial charge in [-0.3, -0.25) is 0 Å². The first-order valence-corrected chi connectivity index (χ1v) is 5.60. The van der Waals surface area contributed by atoms with Crippen molar-refractivity contribution >= 4 is 0 Å². The topological polar surface area (TPSA) is 107 Å². The fraction of sp³-hybridized carbons (Fsp3) is 0.455. The van der Waals surface area contributed by atoms with Crippen LogP contribution in [-0.2, 0) is 4.74 Å². The van der Waals surface area contributed by atoms with Crippen molar-refractivity contribution in [3.8, 4) is 0 Å².